The molecule has 2 N–H and O–H groups in total. The fraction of sp³-hybridized carbons (Fsp3) is 0.250. The molecule has 0 radical (unpaired) electrons. The molecular weight excluding hydrogens is 348 g/mol. The number of hydrogen-bond acceptors (Lipinski definition) is 6. The lowest BCUT2D eigenvalue weighted by atomic mass is 10.1. The molecule has 5 rings (SSSR count). The zero-order valence-electron chi connectivity index (χ0n) is 14.5. The maximum absolute atomic E-state index is 12.4. The molecule has 0 bridgehead atoms. The van der Waals surface area contributed by atoms with Crippen LogP contribution in [-0.4, -0.2) is 31.4 Å². The van der Waals surface area contributed by atoms with Gasteiger partial charge in [-0.05, 0) is 24.3 Å². The first kappa shape index (κ1) is 15.9. The van der Waals surface area contributed by atoms with Crippen molar-refractivity contribution in [1.29, 1.82) is 0 Å². The van der Waals surface area contributed by atoms with Gasteiger partial charge >= 0.3 is 0 Å². The number of H-pyrrole nitrogens is 1. The van der Waals surface area contributed by atoms with E-state index in [1.165, 1.54) is 0 Å². The second-order valence-electron chi connectivity index (χ2n) is 6.42. The van der Waals surface area contributed by atoms with E-state index in [2.05, 4.69) is 10.3 Å². The SMILES string of the molecule is O=c1[nH]c2cc3c(cc2cc1CNc1ccc2c(c1)OCCO2)OCCO3. The third-order valence-electron chi connectivity index (χ3n) is 4.61. The van der Waals surface area contributed by atoms with Crippen LogP contribution in [0.15, 0.2) is 41.2 Å². The lowest BCUT2D eigenvalue weighted by Crippen LogP contribution is -2.18. The number of anilines is 1. The Morgan fingerprint density at radius 2 is 1.48 bits per heavy atom. The summed E-state index contributed by atoms with van der Waals surface area (Å²) in [6.07, 6.45) is 0. The number of hydrogen-bond donors (Lipinski definition) is 2. The molecule has 0 fully saturated rings. The van der Waals surface area contributed by atoms with Crippen LogP contribution < -0.4 is 29.8 Å². The standard InChI is InChI=1S/C20H18N2O5/c23-20-13(11-21-14-1-2-16-18(9-14)26-4-3-24-16)7-12-8-17-19(10-15(12)22-20)27-6-5-25-17/h1-2,7-10,21H,3-6,11H2,(H,22,23). The van der Waals surface area contributed by atoms with Gasteiger partial charge in [-0.3, -0.25) is 4.79 Å². The van der Waals surface area contributed by atoms with Gasteiger partial charge in [0.05, 0.1) is 5.52 Å². The van der Waals surface area contributed by atoms with Crippen molar-refractivity contribution in [3.63, 3.8) is 0 Å². The van der Waals surface area contributed by atoms with Crippen LogP contribution in [0, 0.1) is 0 Å². The monoisotopic (exact) mass is 366 g/mol. The minimum Gasteiger partial charge on any atom is -0.486 e. The van der Waals surface area contributed by atoms with Crippen molar-refractivity contribution in [2.24, 2.45) is 0 Å². The quantitative estimate of drug-likeness (QED) is 0.742. The van der Waals surface area contributed by atoms with Crippen LogP contribution in [0.4, 0.5) is 5.69 Å². The molecule has 1 aromatic heterocycles. The Morgan fingerprint density at radius 1 is 0.815 bits per heavy atom. The van der Waals surface area contributed by atoms with Crippen LogP contribution in [0.5, 0.6) is 23.0 Å². The second-order valence-corrected chi connectivity index (χ2v) is 6.42. The van der Waals surface area contributed by atoms with Crippen LogP contribution in [0.1, 0.15) is 5.56 Å². The summed E-state index contributed by atoms with van der Waals surface area (Å²) in [6, 6.07) is 11.2. The molecule has 0 atom stereocenters. The molecule has 2 aliphatic rings. The van der Waals surface area contributed by atoms with Crippen LogP contribution in [-0.2, 0) is 6.54 Å². The third kappa shape index (κ3) is 3.01. The van der Waals surface area contributed by atoms with Crippen molar-refractivity contribution in [2.45, 2.75) is 6.54 Å². The fourth-order valence-electron chi connectivity index (χ4n) is 3.27. The first-order chi connectivity index (χ1) is 13.3. The molecule has 0 aliphatic carbocycles. The molecule has 27 heavy (non-hydrogen) atoms. The molecular formula is C20H18N2O5. The van der Waals surface area contributed by atoms with Crippen molar-refractivity contribution in [3.8, 4) is 23.0 Å². The van der Waals surface area contributed by atoms with Crippen LogP contribution >= 0.6 is 0 Å². The predicted molar refractivity (Wildman–Crippen MR) is 100 cm³/mol. The van der Waals surface area contributed by atoms with Gasteiger partial charge in [-0.25, -0.2) is 0 Å². The van der Waals surface area contributed by atoms with E-state index in [1.54, 1.807) is 0 Å². The van der Waals surface area contributed by atoms with Crippen LogP contribution in [0.3, 0.4) is 0 Å². The summed E-state index contributed by atoms with van der Waals surface area (Å²) >= 11 is 0. The van der Waals surface area contributed by atoms with E-state index in [1.807, 2.05) is 36.4 Å². The summed E-state index contributed by atoms with van der Waals surface area (Å²) in [5.74, 6) is 2.81. The Balaban J connectivity index is 1.41. The number of aromatic nitrogens is 1. The van der Waals surface area contributed by atoms with E-state index in [0.29, 0.717) is 55.8 Å². The minimum absolute atomic E-state index is 0.135. The first-order valence-electron chi connectivity index (χ1n) is 8.85. The zero-order valence-corrected chi connectivity index (χ0v) is 14.5. The first-order valence-corrected chi connectivity index (χ1v) is 8.85. The van der Waals surface area contributed by atoms with Crippen molar-refractivity contribution >= 4 is 16.6 Å². The number of nitrogens with one attached hydrogen (secondary N) is 2. The Bertz CT molecular complexity index is 1080. The number of ether oxygens (including phenoxy) is 4. The average molecular weight is 366 g/mol. The number of benzene rings is 2. The molecule has 0 unspecified atom stereocenters. The number of aromatic amines is 1. The van der Waals surface area contributed by atoms with E-state index in [-0.39, 0.29) is 5.56 Å². The molecule has 3 aromatic rings. The Hall–Kier alpha value is -3.35. The Morgan fingerprint density at radius 3 is 2.26 bits per heavy atom. The van der Waals surface area contributed by atoms with E-state index in [0.717, 1.165) is 22.3 Å². The van der Waals surface area contributed by atoms with Gasteiger partial charge in [-0.2, -0.15) is 0 Å². The second kappa shape index (κ2) is 6.42. The van der Waals surface area contributed by atoms with Gasteiger partial charge in [0, 0.05) is 35.3 Å². The number of fused-ring (bicyclic) bond motifs is 3. The Labute approximate surface area is 154 Å². The van der Waals surface area contributed by atoms with Gasteiger partial charge in [0.25, 0.3) is 5.56 Å². The van der Waals surface area contributed by atoms with Crippen LogP contribution in [0.25, 0.3) is 10.9 Å². The van der Waals surface area contributed by atoms with Crippen molar-refractivity contribution in [1.82, 2.24) is 4.98 Å². The van der Waals surface area contributed by atoms with Gasteiger partial charge in [0.2, 0.25) is 0 Å². The summed E-state index contributed by atoms with van der Waals surface area (Å²) in [6.45, 7) is 2.53. The number of rotatable bonds is 3. The fourth-order valence-corrected chi connectivity index (χ4v) is 3.27. The van der Waals surface area contributed by atoms with E-state index < -0.39 is 0 Å². The molecule has 0 saturated heterocycles. The highest BCUT2D eigenvalue weighted by molar-refractivity contribution is 5.83. The van der Waals surface area contributed by atoms with Gasteiger partial charge in [0.1, 0.15) is 26.4 Å². The van der Waals surface area contributed by atoms with Crippen molar-refractivity contribution in [3.05, 3.63) is 52.3 Å². The molecule has 0 spiro atoms. The molecule has 7 nitrogen and oxygen atoms in total. The van der Waals surface area contributed by atoms with Gasteiger partial charge in [-0.1, -0.05) is 0 Å². The summed E-state index contributed by atoms with van der Waals surface area (Å²) in [7, 11) is 0. The van der Waals surface area contributed by atoms with Crippen molar-refractivity contribution in [2.75, 3.05) is 31.7 Å². The molecule has 2 aromatic carbocycles. The van der Waals surface area contributed by atoms with Crippen LogP contribution in [0.2, 0.25) is 0 Å². The maximum atomic E-state index is 12.4. The largest absolute Gasteiger partial charge is 0.486 e. The maximum Gasteiger partial charge on any atom is 0.253 e. The summed E-state index contributed by atoms with van der Waals surface area (Å²) < 4.78 is 22.3. The molecule has 138 valence electrons. The van der Waals surface area contributed by atoms with Gasteiger partial charge < -0.3 is 29.2 Å². The molecule has 0 amide bonds. The highest BCUT2D eigenvalue weighted by Crippen LogP contribution is 2.34. The summed E-state index contributed by atoms with van der Waals surface area (Å²) in [5.41, 5.74) is 2.09. The lowest BCUT2D eigenvalue weighted by molar-refractivity contribution is 0.171. The average Bonchev–Trinajstić information content (AvgIpc) is 2.70. The topological polar surface area (TPSA) is 81.8 Å². The van der Waals surface area contributed by atoms with Crippen molar-refractivity contribution < 1.29 is 18.9 Å². The zero-order chi connectivity index (χ0) is 18.2. The van der Waals surface area contributed by atoms with Gasteiger partial charge in [0.15, 0.2) is 23.0 Å². The third-order valence-corrected chi connectivity index (χ3v) is 4.61. The van der Waals surface area contributed by atoms with E-state index in [4.69, 9.17) is 18.9 Å². The Kier molecular flexibility index (Phi) is 3.78. The summed E-state index contributed by atoms with van der Waals surface area (Å²) in [5, 5.41) is 4.17. The van der Waals surface area contributed by atoms with E-state index >= 15 is 0 Å². The minimum atomic E-state index is -0.135. The molecule has 7 heteroatoms. The lowest BCUT2D eigenvalue weighted by Gasteiger charge is -2.19. The van der Waals surface area contributed by atoms with E-state index in [9.17, 15) is 4.79 Å². The van der Waals surface area contributed by atoms with Gasteiger partial charge in [-0.15, -0.1) is 0 Å². The highest BCUT2D eigenvalue weighted by atomic mass is 16.6. The normalized spacial score (nSPS) is 14.8. The smallest absolute Gasteiger partial charge is 0.253 e. The summed E-state index contributed by atoms with van der Waals surface area (Å²) in [4.78, 5) is 15.4. The predicted octanol–water partition coefficient (Wildman–Crippen LogP) is 2.68. The highest BCUT2D eigenvalue weighted by Gasteiger charge is 2.15. The molecule has 3 heterocycles. The molecule has 0 saturated carbocycles. The number of pyridine rings is 1. The molecule has 2 aliphatic heterocycles.